The fourth-order valence-electron chi connectivity index (χ4n) is 3.15. The summed E-state index contributed by atoms with van der Waals surface area (Å²) >= 11 is 0. The van der Waals surface area contributed by atoms with E-state index in [1.165, 1.54) is 12.1 Å². The van der Waals surface area contributed by atoms with Crippen LogP contribution in [0.2, 0.25) is 0 Å². The van der Waals surface area contributed by atoms with E-state index < -0.39 is 0 Å². The van der Waals surface area contributed by atoms with Gasteiger partial charge in [-0.2, -0.15) is 0 Å². The van der Waals surface area contributed by atoms with Gasteiger partial charge in [-0.1, -0.05) is 24.3 Å². The third kappa shape index (κ3) is 4.32. The second-order valence-electron chi connectivity index (χ2n) is 6.39. The van der Waals surface area contributed by atoms with E-state index in [-0.39, 0.29) is 24.7 Å². The van der Waals surface area contributed by atoms with Crippen LogP contribution in [0.4, 0.5) is 9.18 Å². The number of hydrogen-bond acceptors (Lipinski definition) is 3. The van der Waals surface area contributed by atoms with Gasteiger partial charge in [0.2, 0.25) is 0 Å². The van der Waals surface area contributed by atoms with Crippen molar-refractivity contribution in [2.24, 2.45) is 0 Å². The molecule has 26 heavy (non-hydrogen) atoms. The molecule has 0 aliphatic carbocycles. The Morgan fingerprint density at radius 1 is 1.31 bits per heavy atom. The van der Waals surface area contributed by atoms with Crippen LogP contribution in [-0.2, 0) is 17.8 Å². The van der Waals surface area contributed by atoms with E-state index >= 15 is 0 Å². The summed E-state index contributed by atoms with van der Waals surface area (Å²) in [4.78, 5) is 12.1. The second kappa shape index (κ2) is 8.19. The molecule has 138 valence electrons. The van der Waals surface area contributed by atoms with Gasteiger partial charge in [-0.3, -0.25) is 0 Å². The van der Waals surface area contributed by atoms with Crippen molar-refractivity contribution in [3.8, 4) is 5.75 Å². The molecule has 0 aromatic heterocycles. The second-order valence-corrected chi connectivity index (χ2v) is 6.39. The number of benzene rings is 2. The number of nitrogens with one attached hydrogen (secondary N) is 2. The average Bonchev–Trinajstić information content (AvgIpc) is 2.61. The van der Waals surface area contributed by atoms with Gasteiger partial charge in [-0.05, 0) is 49.1 Å². The molecule has 5 nitrogen and oxygen atoms in total. The van der Waals surface area contributed by atoms with Crippen molar-refractivity contribution in [2.45, 2.75) is 32.9 Å². The summed E-state index contributed by atoms with van der Waals surface area (Å²) in [5.41, 5.74) is 3.64. The first-order chi connectivity index (χ1) is 12.5. The highest BCUT2D eigenvalue weighted by atomic mass is 19.1. The van der Waals surface area contributed by atoms with E-state index in [0.29, 0.717) is 30.9 Å². The number of rotatable bonds is 5. The third-order valence-electron chi connectivity index (χ3n) is 4.43. The molecular formula is C20H23FN2O3. The molecule has 1 atom stereocenters. The summed E-state index contributed by atoms with van der Waals surface area (Å²) < 4.78 is 24.4. The fourth-order valence-corrected chi connectivity index (χ4v) is 3.15. The first-order valence-electron chi connectivity index (χ1n) is 8.66. The zero-order chi connectivity index (χ0) is 18.5. The minimum Gasteiger partial charge on any atom is -0.467 e. The molecule has 2 aromatic carbocycles. The monoisotopic (exact) mass is 358 g/mol. The van der Waals surface area contributed by atoms with Crippen molar-refractivity contribution in [3.63, 3.8) is 0 Å². The molecule has 1 heterocycles. The van der Waals surface area contributed by atoms with Crippen LogP contribution in [0.3, 0.4) is 0 Å². The third-order valence-corrected chi connectivity index (χ3v) is 4.43. The molecule has 0 radical (unpaired) electrons. The molecule has 0 saturated heterocycles. The SMILES string of the molecule is Cc1ccccc1C(C)NC(=O)NCCc1cc(F)cc2c1OCOC2. The zero-order valence-electron chi connectivity index (χ0n) is 15.0. The van der Waals surface area contributed by atoms with E-state index in [4.69, 9.17) is 9.47 Å². The first kappa shape index (κ1) is 18.2. The lowest BCUT2D eigenvalue weighted by Crippen LogP contribution is -2.38. The number of carbonyl (C=O) groups is 1. The van der Waals surface area contributed by atoms with Gasteiger partial charge in [0, 0.05) is 12.1 Å². The zero-order valence-corrected chi connectivity index (χ0v) is 15.0. The van der Waals surface area contributed by atoms with Crippen molar-refractivity contribution in [2.75, 3.05) is 13.3 Å². The molecule has 0 spiro atoms. The predicted molar refractivity (Wildman–Crippen MR) is 96.5 cm³/mol. The van der Waals surface area contributed by atoms with Gasteiger partial charge in [0.1, 0.15) is 11.6 Å². The summed E-state index contributed by atoms with van der Waals surface area (Å²) in [6.45, 7) is 4.84. The molecule has 2 amide bonds. The van der Waals surface area contributed by atoms with Gasteiger partial charge < -0.3 is 20.1 Å². The van der Waals surface area contributed by atoms with Crippen molar-refractivity contribution in [3.05, 3.63) is 64.5 Å². The van der Waals surface area contributed by atoms with Gasteiger partial charge >= 0.3 is 6.03 Å². The van der Waals surface area contributed by atoms with Crippen LogP contribution in [0, 0.1) is 12.7 Å². The molecule has 0 bridgehead atoms. The van der Waals surface area contributed by atoms with Gasteiger partial charge in [-0.15, -0.1) is 0 Å². The molecule has 0 saturated carbocycles. The van der Waals surface area contributed by atoms with Crippen LogP contribution >= 0.6 is 0 Å². The summed E-state index contributed by atoms with van der Waals surface area (Å²) in [6.07, 6.45) is 0.478. The first-order valence-corrected chi connectivity index (χ1v) is 8.66. The van der Waals surface area contributed by atoms with E-state index in [1.807, 2.05) is 38.1 Å². The normalized spacial score (nSPS) is 14.1. The highest BCUT2D eigenvalue weighted by Gasteiger charge is 2.17. The number of urea groups is 1. The Bertz CT molecular complexity index is 795. The van der Waals surface area contributed by atoms with E-state index in [9.17, 15) is 9.18 Å². The Hall–Kier alpha value is -2.60. The van der Waals surface area contributed by atoms with Crippen LogP contribution in [0.1, 0.15) is 35.2 Å². The quantitative estimate of drug-likeness (QED) is 0.858. The topological polar surface area (TPSA) is 59.6 Å². The van der Waals surface area contributed by atoms with Crippen molar-refractivity contribution in [1.29, 1.82) is 0 Å². The van der Waals surface area contributed by atoms with Crippen LogP contribution in [-0.4, -0.2) is 19.4 Å². The summed E-state index contributed by atoms with van der Waals surface area (Å²) in [6, 6.07) is 10.4. The highest BCUT2D eigenvalue weighted by molar-refractivity contribution is 5.74. The van der Waals surface area contributed by atoms with Crippen molar-refractivity contribution < 1.29 is 18.7 Å². The number of aryl methyl sites for hydroxylation is 1. The number of fused-ring (bicyclic) bond motifs is 1. The molecule has 6 heteroatoms. The number of amides is 2. The van der Waals surface area contributed by atoms with Gasteiger partial charge in [0.15, 0.2) is 6.79 Å². The summed E-state index contributed by atoms with van der Waals surface area (Å²) in [5, 5.41) is 5.74. The highest BCUT2D eigenvalue weighted by Crippen LogP contribution is 2.29. The van der Waals surface area contributed by atoms with Gasteiger partial charge in [0.25, 0.3) is 0 Å². The Morgan fingerprint density at radius 2 is 2.12 bits per heavy atom. The Balaban J connectivity index is 1.54. The fraction of sp³-hybridized carbons (Fsp3) is 0.350. The van der Waals surface area contributed by atoms with Crippen LogP contribution < -0.4 is 15.4 Å². The molecule has 1 aliphatic heterocycles. The minimum atomic E-state index is -0.328. The van der Waals surface area contributed by atoms with E-state index in [0.717, 1.165) is 16.7 Å². The molecule has 2 aromatic rings. The Kier molecular flexibility index (Phi) is 5.73. The Morgan fingerprint density at radius 3 is 2.92 bits per heavy atom. The maximum absolute atomic E-state index is 13.7. The Labute approximate surface area is 152 Å². The summed E-state index contributed by atoms with van der Waals surface area (Å²) in [7, 11) is 0. The lowest BCUT2D eigenvalue weighted by molar-refractivity contribution is -0.0172. The number of carbonyl (C=O) groups excluding carboxylic acids is 1. The number of hydrogen-bond donors (Lipinski definition) is 2. The molecule has 3 rings (SSSR count). The van der Waals surface area contributed by atoms with Gasteiger partial charge in [0.05, 0.1) is 12.6 Å². The van der Waals surface area contributed by atoms with E-state index in [1.54, 1.807) is 0 Å². The van der Waals surface area contributed by atoms with Crippen molar-refractivity contribution >= 4 is 6.03 Å². The van der Waals surface area contributed by atoms with Crippen molar-refractivity contribution in [1.82, 2.24) is 10.6 Å². The van der Waals surface area contributed by atoms with Crippen LogP contribution in [0.15, 0.2) is 36.4 Å². The standard InChI is InChI=1S/C20H23FN2O3/c1-13-5-3-4-6-18(13)14(2)23-20(24)22-8-7-15-9-17(21)10-16-11-25-12-26-19(15)16/h3-6,9-10,14H,7-8,11-12H2,1-2H3,(H2,22,23,24). The molecule has 2 N–H and O–H groups in total. The molecular weight excluding hydrogens is 335 g/mol. The van der Waals surface area contributed by atoms with Gasteiger partial charge in [-0.25, -0.2) is 9.18 Å². The minimum absolute atomic E-state index is 0.0985. The lowest BCUT2D eigenvalue weighted by Gasteiger charge is -2.21. The molecule has 1 aliphatic rings. The number of ether oxygens (including phenoxy) is 2. The molecule has 1 unspecified atom stereocenters. The predicted octanol–water partition coefficient (Wildman–Crippen LogP) is 3.60. The van der Waals surface area contributed by atoms with Crippen LogP contribution in [0.25, 0.3) is 0 Å². The maximum Gasteiger partial charge on any atom is 0.315 e. The smallest absolute Gasteiger partial charge is 0.315 e. The summed E-state index contributed by atoms with van der Waals surface area (Å²) in [5.74, 6) is 0.332. The van der Waals surface area contributed by atoms with E-state index in [2.05, 4.69) is 10.6 Å². The largest absolute Gasteiger partial charge is 0.467 e. The lowest BCUT2D eigenvalue weighted by atomic mass is 10.0. The number of halogens is 1. The molecule has 0 fully saturated rings. The van der Waals surface area contributed by atoms with Crippen LogP contribution in [0.5, 0.6) is 5.75 Å². The average molecular weight is 358 g/mol. The maximum atomic E-state index is 13.7.